The number of piperazine rings is 1. The van der Waals surface area contributed by atoms with E-state index in [1.54, 1.807) is 6.33 Å². The average Bonchev–Trinajstić information content (AvgIpc) is 2.31. The largest absolute Gasteiger partial charge is 0.395 e. The van der Waals surface area contributed by atoms with Crippen molar-refractivity contribution >= 4 is 28.4 Å². The molecule has 5 nitrogen and oxygen atoms in total. The molecule has 0 atom stereocenters. The van der Waals surface area contributed by atoms with Crippen LogP contribution in [0.1, 0.15) is 0 Å². The predicted molar refractivity (Wildman–Crippen MR) is 70.5 cm³/mol. The molecule has 0 radical (unpaired) electrons. The van der Waals surface area contributed by atoms with Crippen LogP contribution in [0.25, 0.3) is 0 Å². The Morgan fingerprint density at radius 1 is 1.31 bits per heavy atom. The van der Waals surface area contributed by atoms with Crippen molar-refractivity contribution in [3.8, 4) is 0 Å². The van der Waals surface area contributed by atoms with Crippen LogP contribution in [0, 0.1) is 3.57 Å². The topological polar surface area (TPSA) is 52.5 Å². The summed E-state index contributed by atoms with van der Waals surface area (Å²) >= 11 is 2.26. The molecular formula is C10H15IN4O. The van der Waals surface area contributed by atoms with Crippen LogP contribution in [0.4, 0.5) is 5.82 Å². The molecule has 0 saturated carbocycles. The molecule has 1 aromatic heterocycles. The van der Waals surface area contributed by atoms with E-state index >= 15 is 0 Å². The maximum Gasteiger partial charge on any atom is 0.145 e. The minimum absolute atomic E-state index is 0.241. The Morgan fingerprint density at radius 2 is 2.06 bits per heavy atom. The SMILES string of the molecule is OCCN1CCN(c2ncncc2I)CC1. The lowest BCUT2D eigenvalue weighted by molar-refractivity contribution is 0.188. The van der Waals surface area contributed by atoms with Gasteiger partial charge in [-0.3, -0.25) is 4.90 Å². The summed E-state index contributed by atoms with van der Waals surface area (Å²) in [7, 11) is 0. The zero-order valence-electron chi connectivity index (χ0n) is 9.01. The third-order valence-corrected chi connectivity index (χ3v) is 3.50. The molecule has 6 heteroatoms. The zero-order chi connectivity index (χ0) is 11.4. The fourth-order valence-electron chi connectivity index (χ4n) is 1.86. The number of hydrogen-bond acceptors (Lipinski definition) is 5. The van der Waals surface area contributed by atoms with Gasteiger partial charge in [-0.25, -0.2) is 9.97 Å². The number of aromatic nitrogens is 2. The molecular weight excluding hydrogens is 319 g/mol. The Morgan fingerprint density at radius 3 is 2.69 bits per heavy atom. The summed E-state index contributed by atoms with van der Waals surface area (Å²) in [6.07, 6.45) is 3.43. The summed E-state index contributed by atoms with van der Waals surface area (Å²) in [4.78, 5) is 12.9. The van der Waals surface area contributed by atoms with Gasteiger partial charge >= 0.3 is 0 Å². The maximum absolute atomic E-state index is 8.87. The van der Waals surface area contributed by atoms with Gasteiger partial charge in [0.1, 0.15) is 12.1 Å². The highest BCUT2D eigenvalue weighted by molar-refractivity contribution is 14.1. The van der Waals surface area contributed by atoms with Crippen molar-refractivity contribution in [2.75, 3.05) is 44.2 Å². The minimum atomic E-state index is 0.241. The Bertz CT molecular complexity index is 341. The minimum Gasteiger partial charge on any atom is -0.395 e. The van der Waals surface area contributed by atoms with Crippen molar-refractivity contribution in [2.24, 2.45) is 0 Å². The van der Waals surface area contributed by atoms with E-state index in [1.807, 2.05) is 6.20 Å². The van der Waals surface area contributed by atoms with Crippen LogP contribution in [0.2, 0.25) is 0 Å². The molecule has 2 heterocycles. The van der Waals surface area contributed by atoms with Crippen LogP contribution in [0.15, 0.2) is 12.5 Å². The molecule has 0 aromatic carbocycles. The molecule has 0 unspecified atom stereocenters. The van der Waals surface area contributed by atoms with E-state index in [0.717, 1.165) is 42.1 Å². The van der Waals surface area contributed by atoms with Gasteiger partial charge in [-0.15, -0.1) is 0 Å². The highest BCUT2D eigenvalue weighted by atomic mass is 127. The predicted octanol–water partition coefficient (Wildman–Crippen LogP) is 0.195. The monoisotopic (exact) mass is 334 g/mol. The second kappa shape index (κ2) is 5.74. The van der Waals surface area contributed by atoms with Crippen molar-refractivity contribution in [3.05, 3.63) is 16.1 Å². The highest BCUT2D eigenvalue weighted by Gasteiger charge is 2.18. The van der Waals surface area contributed by atoms with Gasteiger partial charge in [-0.1, -0.05) is 0 Å². The van der Waals surface area contributed by atoms with E-state index < -0.39 is 0 Å². The number of rotatable bonds is 3. The van der Waals surface area contributed by atoms with E-state index in [2.05, 4.69) is 42.4 Å². The van der Waals surface area contributed by atoms with E-state index in [0.29, 0.717) is 0 Å². The lowest BCUT2D eigenvalue weighted by atomic mass is 10.3. The van der Waals surface area contributed by atoms with Crippen molar-refractivity contribution < 1.29 is 5.11 Å². The van der Waals surface area contributed by atoms with Crippen molar-refractivity contribution in [1.82, 2.24) is 14.9 Å². The van der Waals surface area contributed by atoms with Gasteiger partial charge in [-0.2, -0.15) is 0 Å². The Kier molecular flexibility index (Phi) is 4.30. The lowest BCUT2D eigenvalue weighted by Gasteiger charge is -2.35. The molecule has 0 spiro atoms. The van der Waals surface area contributed by atoms with Gasteiger partial charge in [0, 0.05) is 38.9 Å². The number of halogens is 1. The van der Waals surface area contributed by atoms with Crippen LogP contribution in [0.5, 0.6) is 0 Å². The van der Waals surface area contributed by atoms with Gasteiger partial charge in [0.15, 0.2) is 0 Å². The average molecular weight is 334 g/mol. The van der Waals surface area contributed by atoms with E-state index in [9.17, 15) is 0 Å². The molecule has 1 aliphatic rings. The molecule has 1 saturated heterocycles. The maximum atomic E-state index is 8.87. The van der Waals surface area contributed by atoms with E-state index in [-0.39, 0.29) is 6.61 Å². The first-order chi connectivity index (χ1) is 7.81. The number of hydrogen-bond donors (Lipinski definition) is 1. The van der Waals surface area contributed by atoms with Crippen LogP contribution in [0.3, 0.4) is 0 Å². The second-order valence-corrected chi connectivity index (χ2v) is 4.91. The van der Waals surface area contributed by atoms with Crippen molar-refractivity contribution in [2.45, 2.75) is 0 Å². The molecule has 0 amide bonds. The fourth-order valence-corrected chi connectivity index (χ4v) is 2.50. The quantitative estimate of drug-likeness (QED) is 0.801. The number of aliphatic hydroxyl groups excluding tert-OH is 1. The summed E-state index contributed by atoms with van der Waals surface area (Å²) in [6.45, 7) is 4.92. The molecule has 16 heavy (non-hydrogen) atoms. The van der Waals surface area contributed by atoms with Gasteiger partial charge in [-0.05, 0) is 22.6 Å². The molecule has 1 aromatic rings. The Labute approximate surface area is 109 Å². The first-order valence-corrected chi connectivity index (χ1v) is 6.43. The number of β-amino-alcohol motifs (C(OH)–C–C–N with tert-alkyl or cyclic N) is 1. The Hall–Kier alpha value is -0.470. The molecule has 1 aliphatic heterocycles. The van der Waals surface area contributed by atoms with Gasteiger partial charge in [0.2, 0.25) is 0 Å². The highest BCUT2D eigenvalue weighted by Crippen LogP contribution is 2.19. The zero-order valence-corrected chi connectivity index (χ0v) is 11.2. The van der Waals surface area contributed by atoms with E-state index in [1.165, 1.54) is 0 Å². The number of aliphatic hydroxyl groups is 1. The van der Waals surface area contributed by atoms with Gasteiger partial charge < -0.3 is 10.0 Å². The fraction of sp³-hybridized carbons (Fsp3) is 0.600. The standard InChI is InChI=1S/C10H15IN4O/c11-9-7-12-8-13-10(9)15-3-1-14(2-4-15)5-6-16/h7-8,16H,1-6H2. The molecule has 2 rings (SSSR count). The molecule has 1 N–H and O–H groups in total. The summed E-state index contributed by atoms with van der Waals surface area (Å²) in [5, 5.41) is 8.87. The summed E-state index contributed by atoms with van der Waals surface area (Å²) in [5.74, 6) is 1.03. The van der Waals surface area contributed by atoms with Crippen LogP contribution in [-0.2, 0) is 0 Å². The van der Waals surface area contributed by atoms with E-state index in [4.69, 9.17) is 5.11 Å². The molecule has 1 fully saturated rings. The molecule has 0 bridgehead atoms. The van der Waals surface area contributed by atoms with Crippen LogP contribution in [-0.4, -0.2) is 59.3 Å². The number of nitrogens with zero attached hydrogens (tertiary/aromatic N) is 4. The summed E-state index contributed by atoms with van der Waals surface area (Å²) in [5.41, 5.74) is 0. The molecule has 0 aliphatic carbocycles. The van der Waals surface area contributed by atoms with Crippen molar-refractivity contribution in [1.29, 1.82) is 0 Å². The molecule has 88 valence electrons. The normalized spacial score (nSPS) is 17.8. The lowest BCUT2D eigenvalue weighted by Crippen LogP contribution is -2.47. The first kappa shape index (κ1) is 12.0. The third kappa shape index (κ3) is 2.80. The smallest absolute Gasteiger partial charge is 0.145 e. The van der Waals surface area contributed by atoms with Gasteiger partial charge in [0.05, 0.1) is 10.2 Å². The number of anilines is 1. The third-order valence-electron chi connectivity index (χ3n) is 2.74. The van der Waals surface area contributed by atoms with Gasteiger partial charge in [0.25, 0.3) is 0 Å². The van der Waals surface area contributed by atoms with Crippen molar-refractivity contribution in [3.63, 3.8) is 0 Å². The van der Waals surface area contributed by atoms with Crippen LogP contribution >= 0.6 is 22.6 Å². The summed E-state index contributed by atoms with van der Waals surface area (Å²) < 4.78 is 1.09. The van der Waals surface area contributed by atoms with Crippen LogP contribution < -0.4 is 4.90 Å². The second-order valence-electron chi connectivity index (χ2n) is 3.75. The Balaban J connectivity index is 1.96. The summed E-state index contributed by atoms with van der Waals surface area (Å²) in [6, 6.07) is 0. The first-order valence-electron chi connectivity index (χ1n) is 5.35.